The maximum Gasteiger partial charge on any atom is 0.254 e. The Kier molecular flexibility index (Phi) is 5.05. The van der Waals surface area contributed by atoms with Crippen LogP contribution in [0.25, 0.3) is 5.69 Å². The minimum atomic E-state index is -0.191. The second-order valence-corrected chi connectivity index (χ2v) is 6.42. The fourth-order valence-corrected chi connectivity index (χ4v) is 2.96. The molecule has 2 heterocycles. The van der Waals surface area contributed by atoms with Gasteiger partial charge in [0.05, 0.1) is 36.8 Å². The summed E-state index contributed by atoms with van der Waals surface area (Å²) in [6.07, 6.45) is 3.71. The number of carbonyl (C=O) groups excluding carboxylic acids is 1. The standard InChI is InChI=1S/C21H20N4O3/c1-27-18-9-7-15(8-10-18)20-11-19(28-24-20)13-22-21(26)16-12-23-25(14-16)17-5-3-2-4-6-17/h2-10,12,14,19H,11,13H2,1H3,(H,22,26)/t19-/m1/s1. The highest BCUT2D eigenvalue weighted by Gasteiger charge is 2.23. The van der Waals surface area contributed by atoms with Crippen molar-refractivity contribution in [1.29, 1.82) is 0 Å². The van der Waals surface area contributed by atoms with Crippen molar-refractivity contribution in [3.63, 3.8) is 0 Å². The molecule has 0 aliphatic carbocycles. The molecule has 7 heteroatoms. The summed E-state index contributed by atoms with van der Waals surface area (Å²) in [5.41, 5.74) is 3.24. The summed E-state index contributed by atoms with van der Waals surface area (Å²) in [7, 11) is 1.63. The third-order valence-corrected chi connectivity index (χ3v) is 4.51. The van der Waals surface area contributed by atoms with E-state index in [9.17, 15) is 4.79 Å². The quantitative estimate of drug-likeness (QED) is 0.718. The van der Waals surface area contributed by atoms with Gasteiger partial charge in [0.25, 0.3) is 5.91 Å². The van der Waals surface area contributed by atoms with E-state index in [1.165, 1.54) is 0 Å². The maximum absolute atomic E-state index is 12.4. The average molecular weight is 376 g/mol. The van der Waals surface area contributed by atoms with E-state index in [2.05, 4.69) is 15.6 Å². The van der Waals surface area contributed by atoms with Crippen molar-refractivity contribution in [3.8, 4) is 11.4 Å². The number of nitrogens with one attached hydrogen (secondary N) is 1. The van der Waals surface area contributed by atoms with E-state index in [1.54, 1.807) is 24.2 Å². The van der Waals surface area contributed by atoms with Gasteiger partial charge in [-0.1, -0.05) is 23.4 Å². The molecule has 1 amide bonds. The highest BCUT2D eigenvalue weighted by atomic mass is 16.6. The van der Waals surface area contributed by atoms with Crippen LogP contribution >= 0.6 is 0 Å². The topological polar surface area (TPSA) is 77.7 Å². The fourth-order valence-electron chi connectivity index (χ4n) is 2.96. The molecule has 142 valence electrons. The molecule has 0 saturated heterocycles. The highest BCUT2D eigenvalue weighted by molar-refractivity contribution is 6.01. The number of rotatable bonds is 6. The number of amides is 1. The van der Waals surface area contributed by atoms with Crippen LogP contribution in [0.5, 0.6) is 5.75 Å². The van der Waals surface area contributed by atoms with Crippen molar-refractivity contribution in [1.82, 2.24) is 15.1 Å². The zero-order chi connectivity index (χ0) is 19.3. The molecule has 7 nitrogen and oxygen atoms in total. The lowest BCUT2D eigenvalue weighted by Gasteiger charge is -2.09. The number of methoxy groups -OCH3 is 1. The molecule has 28 heavy (non-hydrogen) atoms. The number of oxime groups is 1. The Bertz CT molecular complexity index is 980. The van der Waals surface area contributed by atoms with E-state index in [0.29, 0.717) is 18.5 Å². The third kappa shape index (κ3) is 3.88. The van der Waals surface area contributed by atoms with Crippen molar-refractivity contribution in [2.45, 2.75) is 12.5 Å². The van der Waals surface area contributed by atoms with Gasteiger partial charge >= 0.3 is 0 Å². The van der Waals surface area contributed by atoms with Gasteiger partial charge in [-0.2, -0.15) is 5.10 Å². The SMILES string of the molecule is COc1ccc(C2=NO[C@@H](CNC(=O)c3cnn(-c4ccccc4)c3)C2)cc1. The molecule has 0 bridgehead atoms. The lowest BCUT2D eigenvalue weighted by Crippen LogP contribution is -2.32. The van der Waals surface area contributed by atoms with Gasteiger partial charge in [-0.3, -0.25) is 4.79 Å². The predicted octanol–water partition coefficient (Wildman–Crippen LogP) is 2.80. The molecular formula is C21H20N4O3. The van der Waals surface area contributed by atoms with Crippen LogP contribution in [-0.4, -0.2) is 41.2 Å². The minimum Gasteiger partial charge on any atom is -0.497 e. The van der Waals surface area contributed by atoms with Crippen LogP contribution < -0.4 is 10.1 Å². The van der Waals surface area contributed by atoms with Gasteiger partial charge in [0.2, 0.25) is 0 Å². The zero-order valence-corrected chi connectivity index (χ0v) is 15.4. The van der Waals surface area contributed by atoms with Crippen LogP contribution in [0.1, 0.15) is 22.3 Å². The van der Waals surface area contributed by atoms with Gasteiger partial charge in [0, 0.05) is 12.6 Å². The van der Waals surface area contributed by atoms with Gasteiger partial charge in [0.15, 0.2) is 0 Å². The van der Waals surface area contributed by atoms with Crippen LogP contribution in [0.15, 0.2) is 72.1 Å². The molecule has 0 saturated carbocycles. The summed E-state index contributed by atoms with van der Waals surface area (Å²) in [5.74, 6) is 0.604. The Hall–Kier alpha value is -3.61. The molecule has 1 aromatic heterocycles. The van der Waals surface area contributed by atoms with Crippen LogP contribution in [0.4, 0.5) is 0 Å². The van der Waals surface area contributed by atoms with Crippen LogP contribution in [0.3, 0.4) is 0 Å². The molecule has 0 fully saturated rings. The molecule has 1 aliphatic heterocycles. The smallest absolute Gasteiger partial charge is 0.254 e. The first-order valence-corrected chi connectivity index (χ1v) is 8.98. The molecule has 1 aliphatic rings. The van der Waals surface area contributed by atoms with E-state index in [4.69, 9.17) is 9.57 Å². The fraction of sp³-hybridized carbons (Fsp3) is 0.190. The lowest BCUT2D eigenvalue weighted by molar-refractivity contribution is 0.0753. The molecule has 3 aromatic rings. The van der Waals surface area contributed by atoms with Gasteiger partial charge in [-0.25, -0.2) is 4.68 Å². The number of ether oxygens (including phenoxy) is 1. The van der Waals surface area contributed by atoms with Crippen molar-refractivity contribution in [2.24, 2.45) is 5.16 Å². The number of hydrogen-bond donors (Lipinski definition) is 1. The van der Waals surface area contributed by atoms with E-state index < -0.39 is 0 Å². The number of hydrogen-bond acceptors (Lipinski definition) is 5. The van der Waals surface area contributed by atoms with Crippen LogP contribution in [0.2, 0.25) is 0 Å². The second-order valence-electron chi connectivity index (χ2n) is 6.42. The van der Waals surface area contributed by atoms with Gasteiger partial charge in [-0.15, -0.1) is 0 Å². The van der Waals surface area contributed by atoms with Crippen LogP contribution in [-0.2, 0) is 4.84 Å². The van der Waals surface area contributed by atoms with E-state index in [0.717, 1.165) is 22.7 Å². The predicted molar refractivity (Wildman–Crippen MR) is 105 cm³/mol. The highest BCUT2D eigenvalue weighted by Crippen LogP contribution is 2.19. The first-order chi connectivity index (χ1) is 13.7. The summed E-state index contributed by atoms with van der Waals surface area (Å²) in [6, 6.07) is 17.3. The van der Waals surface area contributed by atoms with Crippen molar-refractivity contribution >= 4 is 11.6 Å². The summed E-state index contributed by atoms with van der Waals surface area (Å²) in [6.45, 7) is 0.374. The van der Waals surface area contributed by atoms with Gasteiger partial charge < -0.3 is 14.9 Å². The Balaban J connectivity index is 1.30. The monoisotopic (exact) mass is 376 g/mol. The summed E-state index contributed by atoms with van der Waals surface area (Å²) >= 11 is 0. The van der Waals surface area contributed by atoms with Crippen molar-refractivity contribution in [2.75, 3.05) is 13.7 Å². The Morgan fingerprint density at radius 1 is 1.21 bits per heavy atom. The molecule has 0 spiro atoms. The Morgan fingerprint density at radius 3 is 2.75 bits per heavy atom. The molecule has 0 unspecified atom stereocenters. The molecule has 1 N–H and O–H groups in total. The largest absolute Gasteiger partial charge is 0.497 e. The first kappa shape index (κ1) is 17.8. The molecule has 2 aromatic carbocycles. The number of benzene rings is 2. The Labute approximate surface area is 162 Å². The minimum absolute atomic E-state index is 0.190. The number of nitrogens with zero attached hydrogens (tertiary/aromatic N) is 3. The normalized spacial score (nSPS) is 15.6. The summed E-state index contributed by atoms with van der Waals surface area (Å²) < 4.78 is 6.84. The molecule has 4 rings (SSSR count). The van der Waals surface area contributed by atoms with Crippen molar-refractivity contribution < 1.29 is 14.4 Å². The van der Waals surface area contributed by atoms with Crippen LogP contribution in [0, 0.1) is 0 Å². The average Bonchev–Trinajstić information content (AvgIpc) is 3.43. The second kappa shape index (κ2) is 7.96. The number of aromatic nitrogens is 2. The van der Waals surface area contributed by atoms with Crippen molar-refractivity contribution in [3.05, 3.63) is 78.1 Å². The maximum atomic E-state index is 12.4. The first-order valence-electron chi connectivity index (χ1n) is 8.98. The third-order valence-electron chi connectivity index (χ3n) is 4.51. The lowest BCUT2D eigenvalue weighted by atomic mass is 10.0. The number of para-hydroxylation sites is 1. The van der Waals surface area contributed by atoms with Gasteiger partial charge in [0.1, 0.15) is 11.9 Å². The zero-order valence-electron chi connectivity index (χ0n) is 15.4. The van der Waals surface area contributed by atoms with E-state index in [-0.39, 0.29) is 12.0 Å². The Morgan fingerprint density at radius 2 is 2.00 bits per heavy atom. The summed E-state index contributed by atoms with van der Waals surface area (Å²) in [4.78, 5) is 17.9. The van der Waals surface area contributed by atoms with Gasteiger partial charge in [-0.05, 0) is 42.0 Å². The van der Waals surface area contributed by atoms with E-state index in [1.807, 2.05) is 54.6 Å². The molecular weight excluding hydrogens is 356 g/mol. The number of carbonyl (C=O) groups is 1. The van der Waals surface area contributed by atoms with E-state index >= 15 is 0 Å². The molecule has 1 atom stereocenters. The summed E-state index contributed by atoms with van der Waals surface area (Å²) in [5, 5.41) is 11.3. The molecule has 0 radical (unpaired) electrons.